The molecule has 1 amide bonds. The molecule has 27 heavy (non-hydrogen) atoms. The van der Waals surface area contributed by atoms with Crippen LogP contribution in [-0.4, -0.2) is 32.8 Å². The van der Waals surface area contributed by atoms with Crippen molar-refractivity contribution in [1.82, 2.24) is 5.32 Å². The molecular weight excluding hydrogens is 342 g/mol. The van der Waals surface area contributed by atoms with Crippen LogP contribution in [-0.2, 0) is 11.2 Å². The lowest BCUT2D eigenvalue weighted by atomic mass is 10.1. The fourth-order valence-corrected chi connectivity index (χ4v) is 2.83. The third kappa shape index (κ3) is 6.20. The molecule has 0 spiro atoms. The van der Waals surface area contributed by atoms with Gasteiger partial charge in [0, 0.05) is 6.54 Å². The van der Waals surface area contributed by atoms with Crippen LogP contribution in [0.25, 0.3) is 0 Å². The van der Waals surface area contributed by atoms with Crippen LogP contribution in [0.4, 0.5) is 0 Å². The molecule has 0 aromatic heterocycles. The summed E-state index contributed by atoms with van der Waals surface area (Å²) in [5, 5.41) is 2.97. The van der Waals surface area contributed by atoms with Gasteiger partial charge in [-0.15, -0.1) is 0 Å². The molecular formula is C22H29NO4. The van der Waals surface area contributed by atoms with E-state index in [9.17, 15) is 4.79 Å². The zero-order valence-electron chi connectivity index (χ0n) is 16.6. The topological polar surface area (TPSA) is 56.8 Å². The zero-order chi connectivity index (χ0) is 19.6. The van der Waals surface area contributed by atoms with Gasteiger partial charge in [0.25, 0.3) is 5.91 Å². The van der Waals surface area contributed by atoms with E-state index in [0.29, 0.717) is 18.7 Å². The minimum absolute atomic E-state index is 0.0775. The maximum absolute atomic E-state index is 12.4. The van der Waals surface area contributed by atoms with Gasteiger partial charge in [0.15, 0.2) is 17.6 Å². The molecule has 0 aliphatic heterocycles. The van der Waals surface area contributed by atoms with Crippen molar-refractivity contribution in [2.45, 2.75) is 39.2 Å². The van der Waals surface area contributed by atoms with Gasteiger partial charge < -0.3 is 19.5 Å². The lowest BCUT2D eigenvalue weighted by Gasteiger charge is -2.17. The minimum Gasteiger partial charge on any atom is -0.493 e. The molecule has 0 aliphatic rings. The normalized spacial score (nSPS) is 11.6. The van der Waals surface area contributed by atoms with E-state index in [4.69, 9.17) is 14.2 Å². The van der Waals surface area contributed by atoms with Crippen LogP contribution in [0.3, 0.4) is 0 Å². The third-order valence-electron chi connectivity index (χ3n) is 4.32. The number of ether oxygens (including phenoxy) is 3. The molecule has 1 atom stereocenters. The predicted octanol–water partition coefficient (Wildman–Crippen LogP) is 3.92. The third-order valence-corrected chi connectivity index (χ3v) is 4.32. The molecule has 0 aliphatic carbocycles. The first-order chi connectivity index (χ1) is 13.1. The largest absolute Gasteiger partial charge is 0.493 e. The first kappa shape index (κ1) is 20.6. The Morgan fingerprint density at radius 3 is 2.52 bits per heavy atom. The Kier molecular flexibility index (Phi) is 7.99. The maximum atomic E-state index is 12.4. The van der Waals surface area contributed by atoms with Crippen LogP contribution in [0.2, 0.25) is 0 Å². The standard InChI is InChI=1S/C22H29NO4/c1-5-19(27-18-10-6-8-16(2)14-18)22(24)23-13-7-9-17-11-12-20(25-3)21(15-17)26-4/h6,8,10-12,14-15,19H,5,7,9,13H2,1-4H3,(H,23,24)/t19-/m0/s1. The molecule has 0 saturated heterocycles. The van der Waals surface area contributed by atoms with Crippen molar-refractivity contribution < 1.29 is 19.0 Å². The quantitative estimate of drug-likeness (QED) is 0.643. The van der Waals surface area contributed by atoms with Crippen LogP contribution >= 0.6 is 0 Å². The van der Waals surface area contributed by atoms with Gasteiger partial charge in [-0.2, -0.15) is 0 Å². The van der Waals surface area contributed by atoms with Gasteiger partial charge in [-0.05, 0) is 61.6 Å². The lowest BCUT2D eigenvalue weighted by Crippen LogP contribution is -2.38. The molecule has 0 radical (unpaired) electrons. The number of hydrogen-bond donors (Lipinski definition) is 1. The number of methoxy groups -OCH3 is 2. The summed E-state index contributed by atoms with van der Waals surface area (Å²) in [5.74, 6) is 2.08. The fraction of sp³-hybridized carbons (Fsp3) is 0.409. The summed E-state index contributed by atoms with van der Waals surface area (Å²) in [6.45, 7) is 4.55. The summed E-state index contributed by atoms with van der Waals surface area (Å²) in [7, 11) is 3.25. The van der Waals surface area contributed by atoms with Gasteiger partial charge in [0.1, 0.15) is 5.75 Å². The Bertz CT molecular complexity index is 745. The lowest BCUT2D eigenvalue weighted by molar-refractivity contribution is -0.128. The second-order valence-electron chi connectivity index (χ2n) is 6.42. The molecule has 5 nitrogen and oxygen atoms in total. The van der Waals surface area contributed by atoms with E-state index in [2.05, 4.69) is 5.32 Å². The molecule has 0 saturated carbocycles. The van der Waals surface area contributed by atoms with Crippen LogP contribution in [0, 0.1) is 6.92 Å². The van der Waals surface area contributed by atoms with Gasteiger partial charge in [0.2, 0.25) is 0 Å². The highest BCUT2D eigenvalue weighted by molar-refractivity contribution is 5.81. The Balaban J connectivity index is 1.80. The van der Waals surface area contributed by atoms with E-state index in [-0.39, 0.29) is 5.91 Å². The average Bonchev–Trinajstić information content (AvgIpc) is 2.69. The van der Waals surface area contributed by atoms with E-state index in [1.807, 2.05) is 56.3 Å². The number of carbonyl (C=O) groups is 1. The SMILES string of the molecule is CC[C@H](Oc1cccc(C)c1)C(=O)NCCCc1ccc(OC)c(OC)c1. The molecule has 2 aromatic rings. The van der Waals surface area contributed by atoms with Gasteiger partial charge in [0.05, 0.1) is 14.2 Å². The molecule has 0 bridgehead atoms. The van der Waals surface area contributed by atoms with Gasteiger partial charge in [-0.1, -0.05) is 25.1 Å². The molecule has 146 valence electrons. The van der Waals surface area contributed by atoms with Crippen molar-refractivity contribution in [3.63, 3.8) is 0 Å². The van der Waals surface area contributed by atoms with Crippen molar-refractivity contribution in [2.75, 3.05) is 20.8 Å². The van der Waals surface area contributed by atoms with E-state index in [0.717, 1.165) is 35.5 Å². The van der Waals surface area contributed by atoms with E-state index in [1.165, 1.54) is 0 Å². The van der Waals surface area contributed by atoms with Gasteiger partial charge in [-0.3, -0.25) is 4.79 Å². The average molecular weight is 371 g/mol. The number of nitrogens with one attached hydrogen (secondary N) is 1. The van der Waals surface area contributed by atoms with Crippen LogP contribution < -0.4 is 19.5 Å². The highest BCUT2D eigenvalue weighted by Gasteiger charge is 2.17. The monoisotopic (exact) mass is 371 g/mol. The molecule has 1 N–H and O–H groups in total. The second kappa shape index (κ2) is 10.5. The Labute approximate surface area is 161 Å². The fourth-order valence-electron chi connectivity index (χ4n) is 2.83. The smallest absolute Gasteiger partial charge is 0.261 e. The summed E-state index contributed by atoms with van der Waals surface area (Å²) < 4.78 is 16.4. The second-order valence-corrected chi connectivity index (χ2v) is 6.42. The van der Waals surface area contributed by atoms with Crippen molar-refractivity contribution in [3.05, 3.63) is 53.6 Å². The van der Waals surface area contributed by atoms with Crippen LogP contribution in [0.5, 0.6) is 17.2 Å². The molecule has 0 unspecified atom stereocenters. The number of carbonyl (C=O) groups excluding carboxylic acids is 1. The molecule has 0 heterocycles. The Hall–Kier alpha value is -2.69. The van der Waals surface area contributed by atoms with Gasteiger partial charge >= 0.3 is 0 Å². The van der Waals surface area contributed by atoms with E-state index in [1.54, 1.807) is 14.2 Å². The van der Waals surface area contributed by atoms with Crippen molar-refractivity contribution in [2.24, 2.45) is 0 Å². The van der Waals surface area contributed by atoms with E-state index >= 15 is 0 Å². The number of benzene rings is 2. The van der Waals surface area contributed by atoms with E-state index < -0.39 is 6.10 Å². The van der Waals surface area contributed by atoms with Crippen LogP contribution in [0.1, 0.15) is 30.9 Å². The first-order valence-corrected chi connectivity index (χ1v) is 9.29. The highest BCUT2D eigenvalue weighted by Crippen LogP contribution is 2.27. The maximum Gasteiger partial charge on any atom is 0.261 e. The molecule has 0 fully saturated rings. The van der Waals surface area contributed by atoms with Crippen LogP contribution in [0.15, 0.2) is 42.5 Å². The van der Waals surface area contributed by atoms with Gasteiger partial charge in [-0.25, -0.2) is 0 Å². The van der Waals surface area contributed by atoms with Crippen molar-refractivity contribution in [1.29, 1.82) is 0 Å². The highest BCUT2D eigenvalue weighted by atomic mass is 16.5. The Morgan fingerprint density at radius 1 is 1.07 bits per heavy atom. The summed E-state index contributed by atoms with van der Waals surface area (Å²) in [6, 6.07) is 13.6. The summed E-state index contributed by atoms with van der Waals surface area (Å²) in [5.41, 5.74) is 2.25. The summed E-state index contributed by atoms with van der Waals surface area (Å²) in [4.78, 5) is 12.4. The minimum atomic E-state index is -0.479. The Morgan fingerprint density at radius 2 is 1.85 bits per heavy atom. The molecule has 2 rings (SSSR count). The summed E-state index contributed by atoms with van der Waals surface area (Å²) in [6.07, 6.45) is 1.82. The first-order valence-electron chi connectivity index (χ1n) is 9.29. The molecule has 2 aromatic carbocycles. The number of aryl methyl sites for hydroxylation is 2. The zero-order valence-corrected chi connectivity index (χ0v) is 16.6. The summed E-state index contributed by atoms with van der Waals surface area (Å²) >= 11 is 0. The van der Waals surface area contributed by atoms with Crippen molar-refractivity contribution in [3.8, 4) is 17.2 Å². The number of hydrogen-bond acceptors (Lipinski definition) is 4. The predicted molar refractivity (Wildman–Crippen MR) is 107 cm³/mol. The number of amides is 1. The molecule has 5 heteroatoms. The van der Waals surface area contributed by atoms with Crippen molar-refractivity contribution >= 4 is 5.91 Å². The number of rotatable bonds is 10.